The molecule has 0 aliphatic rings. The van der Waals surface area contributed by atoms with Crippen molar-refractivity contribution in [3.05, 3.63) is 83.9 Å². The number of rotatable bonds is 9. The molecular formula is C21H25O4P. The molecule has 0 aliphatic heterocycles. The molecule has 2 aromatic rings. The number of hydrogen-bond donors (Lipinski definition) is 2. The zero-order valence-corrected chi connectivity index (χ0v) is 15.8. The topological polar surface area (TPSA) is 74.6 Å². The lowest BCUT2D eigenvalue weighted by molar-refractivity contribution is -0.141. The van der Waals surface area contributed by atoms with Gasteiger partial charge in [0.15, 0.2) is 0 Å². The second-order valence-corrected chi connectivity index (χ2v) is 8.81. The lowest BCUT2D eigenvalue weighted by Gasteiger charge is -2.26. The molecule has 26 heavy (non-hydrogen) atoms. The Labute approximate surface area is 154 Å². The maximum Gasteiger partial charge on any atom is 0.307 e. The van der Waals surface area contributed by atoms with Crippen LogP contribution in [0.3, 0.4) is 0 Å². The average Bonchev–Trinajstić information content (AvgIpc) is 2.62. The van der Waals surface area contributed by atoms with E-state index in [0.717, 1.165) is 11.1 Å². The molecule has 3 unspecified atom stereocenters. The van der Waals surface area contributed by atoms with E-state index in [1.807, 2.05) is 48.5 Å². The zero-order valence-electron chi connectivity index (χ0n) is 14.9. The first-order chi connectivity index (χ1) is 12.4. The molecule has 0 bridgehead atoms. The van der Waals surface area contributed by atoms with Gasteiger partial charge in [0.05, 0.1) is 17.7 Å². The Bertz CT molecular complexity index is 771. The van der Waals surface area contributed by atoms with E-state index in [1.165, 1.54) is 0 Å². The molecule has 0 heterocycles. The maximum atomic E-state index is 13.1. The molecule has 0 aromatic heterocycles. The largest absolute Gasteiger partial charge is 0.481 e. The van der Waals surface area contributed by atoms with Crippen LogP contribution in [0.1, 0.15) is 24.5 Å². The van der Waals surface area contributed by atoms with Gasteiger partial charge in [-0.15, -0.1) is 0 Å². The van der Waals surface area contributed by atoms with E-state index in [1.54, 1.807) is 31.2 Å². The van der Waals surface area contributed by atoms with Crippen LogP contribution in [0.25, 0.3) is 0 Å². The summed E-state index contributed by atoms with van der Waals surface area (Å²) in [6.45, 7) is 1.74. The van der Waals surface area contributed by atoms with E-state index >= 15 is 0 Å². The molecule has 4 nitrogen and oxygen atoms in total. The summed E-state index contributed by atoms with van der Waals surface area (Å²) in [5.74, 6) is -1.95. The number of benzene rings is 2. The van der Waals surface area contributed by atoms with Gasteiger partial charge in [0.25, 0.3) is 0 Å². The molecule has 3 atom stereocenters. The number of carboxylic acids is 1. The van der Waals surface area contributed by atoms with Crippen molar-refractivity contribution in [1.82, 2.24) is 0 Å². The third-order valence-electron chi connectivity index (χ3n) is 4.42. The van der Waals surface area contributed by atoms with Crippen molar-refractivity contribution in [3.63, 3.8) is 0 Å². The van der Waals surface area contributed by atoms with Crippen LogP contribution in [0.2, 0.25) is 0 Å². The molecule has 2 rings (SSSR count). The van der Waals surface area contributed by atoms with Gasteiger partial charge in [0.1, 0.15) is 0 Å². The van der Waals surface area contributed by atoms with E-state index in [9.17, 15) is 19.4 Å². The van der Waals surface area contributed by atoms with Gasteiger partial charge in [0.2, 0.25) is 7.37 Å². The van der Waals surface area contributed by atoms with Crippen LogP contribution in [-0.2, 0) is 21.9 Å². The molecule has 0 fully saturated rings. The van der Waals surface area contributed by atoms with Gasteiger partial charge in [-0.2, -0.15) is 0 Å². The highest BCUT2D eigenvalue weighted by molar-refractivity contribution is 7.58. The summed E-state index contributed by atoms with van der Waals surface area (Å²) >= 11 is 0. The fraction of sp³-hybridized carbons (Fsp3) is 0.286. The minimum atomic E-state index is -3.74. The van der Waals surface area contributed by atoms with Gasteiger partial charge in [-0.1, -0.05) is 72.8 Å². The molecule has 5 heteroatoms. The number of carbonyl (C=O) groups is 1. The fourth-order valence-electron chi connectivity index (χ4n) is 3.10. The van der Waals surface area contributed by atoms with Gasteiger partial charge in [-0.05, 0) is 30.9 Å². The maximum absolute atomic E-state index is 13.1. The Kier molecular flexibility index (Phi) is 7.38. The first-order valence-electron chi connectivity index (χ1n) is 8.69. The first kappa shape index (κ1) is 20.2. The molecule has 0 saturated heterocycles. The monoisotopic (exact) mass is 372 g/mol. The van der Waals surface area contributed by atoms with Crippen LogP contribution < -0.4 is 0 Å². The summed E-state index contributed by atoms with van der Waals surface area (Å²) in [6, 6.07) is 18.6. The fourth-order valence-corrected chi connectivity index (χ4v) is 5.33. The molecule has 0 spiro atoms. The van der Waals surface area contributed by atoms with E-state index in [-0.39, 0.29) is 6.16 Å². The van der Waals surface area contributed by atoms with Crippen LogP contribution >= 0.6 is 7.37 Å². The number of aryl methyl sites for hydroxylation is 1. The van der Waals surface area contributed by atoms with Crippen molar-refractivity contribution in [1.29, 1.82) is 0 Å². The lowest BCUT2D eigenvalue weighted by Crippen LogP contribution is -2.28. The summed E-state index contributed by atoms with van der Waals surface area (Å²) < 4.78 is 13.1. The van der Waals surface area contributed by atoms with Crippen molar-refractivity contribution in [3.8, 4) is 0 Å². The second kappa shape index (κ2) is 9.51. The first-order valence-corrected chi connectivity index (χ1v) is 10.6. The van der Waals surface area contributed by atoms with Crippen LogP contribution in [0.15, 0.2) is 72.8 Å². The zero-order chi connectivity index (χ0) is 19.0. The summed E-state index contributed by atoms with van der Waals surface area (Å²) in [4.78, 5) is 22.6. The summed E-state index contributed by atoms with van der Waals surface area (Å²) in [6.07, 6.45) is 4.08. The third kappa shape index (κ3) is 5.69. The highest BCUT2D eigenvalue weighted by atomic mass is 31.2. The Balaban J connectivity index is 2.22. The standard InChI is InChI=1S/C21H25O4P/c1-2-9-20(26(24,25)16-18-12-7-4-8-13-18)19(21(22)23)15-14-17-10-5-3-6-11-17/h2-13,19-20H,14-16H2,1H3,(H,22,23)(H,24,25). The molecule has 2 N–H and O–H groups in total. The summed E-state index contributed by atoms with van der Waals surface area (Å²) in [5.41, 5.74) is 0.850. The van der Waals surface area contributed by atoms with Crippen molar-refractivity contribution < 1.29 is 19.4 Å². The molecule has 0 saturated carbocycles. The van der Waals surface area contributed by atoms with Gasteiger partial charge in [0, 0.05) is 0 Å². The Morgan fingerprint density at radius 3 is 2.08 bits per heavy atom. The molecule has 2 aromatic carbocycles. The normalized spacial score (nSPS) is 16.1. The quantitative estimate of drug-likeness (QED) is 0.493. The number of aliphatic carboxylic acids is 1. The van der Waals surface area contributed by atoms with Crippen molar-refractivity contribution in [2.45, 2.75) is 31.6 Å². The van der Waals surface area contributed by atoms with Crippen molar-refractivity contribution in [2.24, 2.45) is 5.92 Å². The summed E-state index contributed by atoms with van der Waals surface area (Å²) in [7, 11) is -3.74. The number of hydrogen-bond acceptors (Lipinski definition) is 2. The smallest absolute Gasteiger partial charge is 0.307 e. The highest BCUT2D eigenvalue weighted by Gasteiger charge is 2.39. The summed E-state index contributed by atoms with van der Waals surface area (Å²) in [5, 5.41) is 9.71. The molecule has 0 radical (unpaired) electrons. The predicted molar refractivity (Wildman–Crippen MR) is 104 cm³/mol. The van der Waals surface area contributed by atoms with Crippen LogP contribution in [-0.4, -0.2) is 21.6 Å². The SMILES string of the molecule is CC=CC(C(CCc1ccccc1)C(=O)O)P(=O)(O)Cc1ccccc1. The van der Waals surface area contributed by atoms with Crippen molar-refractivity contribution >= 4 is 13.3 Å². The lowest BCUT2D eigenvalue weighted by atomic mass is 9.96. The highest BCUT2D eigenvalue weighted by Crippen LogP contribution is 2.53. The van der Waals surface area contributed by atoms with E-state index in [2.05, 4.69) is 0 Å². The number of carboxylic acid groups (broad SMARTS) is 1. The van der Waals surface area contributed by atoms with Crippen LogP contribution in [0.4, 0.5) is 0 Å². The minimum absolute atomic E-state index is 0.0298. The number of allylic oxidation sites excluding steroid dienone is 2. The van der Waals surface area contributed by atoms with E-state index in [0.29, 0.717) is 12.8 Å². The Hall–Kier alpha value is -2.16. The third-order valence-corrected chi connectivity index (χ3v) is 6.71. The minimum Gasteiger partial charge on any atom is -0.481 e. The second-order valence-electron chi connectivity index (χ2n) is 6.38. The van der Waals surface area contributed by atoms with Gasteiger partial charge in [-0.3, -0.25) is 9.36 Å². The van der Waals surface area contributed by atoms with E-state index in [4.69, 9.17) is 0 Å². The van der Waals surface area contributed by atoms with Crippen LogP contribution in [0.5, 0.6) is 0 Å². The van der Waals surface area contributed by atoms with Gasteiger partial charge < -0.3 is 10.00 Å². The molecule has 0 aliphatic carbocycles. The van der Waals surface area contributed by atoms with E-state index < -0.39 is 24.9 Å². The predicted octanol–water partition coefficient (Wildman–Crippen LogP) is 4.74. The molecule has 138 valence electrons. The Morgan fingerprint density at radius 2 is 1.58 bits per heavy atom. The average molecular weight is 372 g/mol. The van der Waals surface area contributed by atoms with Gasteiger partial charge in [-0.25, -0.2) is 0 Å². The molecular weight excluding hydrogens is 347 g/mol. The van der Waals surface area contributed by atoms with Crippen molar-refractivity contribution in [2.75, 3.05) is 0 Å². The molecule has 0 amide bonds. The van der Waals surface area contributed by atoms with Crippen LogP contribution in [0, 0.1) is 5.92 Å². The van der Waals surface area contributed by atoms with Gasteiger partial charge >= 0.3 is 5.97 Å². The Morgan fingerprint density at radius 1 is 1.04 bits per heavy atom.